The van der Waals surface area contributed by atoms with Crippen LogP contribution in [0, 0.1) is 0 Å². The van der Waals surface area contributed by atoms with Crippen LogP contribution in [0.2, 0.25) is 0 Å². The Morgan fingerprint density at radius 2 is 1.88 bits per heavy atom. The number of hydrogen-bond donors (Lipinski definition) is 0. The quantitative estimate of drug-likeness (QED) is 0.677. The highest BCUT2D eigenvalue weighted by Crippen LogP contribution is 2.23. The summed E-state index contributed by atoms with van der Waals surface area (Å²) < 4.78 is 0. The molecule has 16 heavy (non-hydrogen) atoms. The standard InChI is InChI=1S/C15H20O/c1-4-8-14(15(16)11-12(2)3)13-9-6-5-7-10-13/h5-7,9-11,14H,4,8H2,1-3H3. The first-order valence-corrected chi connectivity index (χ1v) is 5.88. The van der Waals surface area contributed by atoms with Crippen LogP contribution in [0.4, 0.5) is 0 Å². The van der Waals surface area contributed by atoms with Crippen molar-refractivity contribution in [1.82, 2.24) is 0 Å². The van der Waals surface area contributed by atoms with E-state index in [0.717, 1.165) is 24.0 Å². The van der Waals surface area contributed by atoms with E-state index in [1.807, 2.05) is 44.2 Å². The summed E-state index contributed by atoms with van der Waals surface area (Å²) in [6.07, 6.45) is 3.71. The van der Waals surface area contributed by atoms with Gasteiger partial charge in [0, 0.05) is 5.92 Å². The van der Waals surface area contributed by atoms with Gasteiger partial charge in [0.15, 0.2) is 5.78 Å². The van der Waals surface area contributed by atoms with E-state index in [0.29, 0.717) is 0 Å². The second kappa shape index (κ2) is 6.26. The molecule has 1 aromatic carbocycles. The van der Waals surface area contributed by atoms with Gasteiger partial charge in [0.2, 0.25) is 0 Å². The average molecular weight is 216 g/mol. The molecule has 0 aliphatic heterocycles. The number of allylic oxidation sites excluding steroid dienone is 2. The Morgan fingerprint density at radius 3 is 2.38 bits per heavy atom. The van der Waals surface area contributed by atoms with E-state index < -0.39 is 0 Å². The lowest BCUT2D eigenvalue weighted by molar-refractivity contribution is -0.116. The SMILES string of the molecule is CCCC(C(=O)C=C(C)C)c1ccccc1. The van der Waals surface area contributed by atoms with E-state index in [9.17, 15) is 4.79 Å². The maximum Gasteiger partial charge on any atom is 0.163 e. The second-order valence-electron chi connectivity index (χ2n) is 4.38. The summed E-state index contributed by atoms with van der Waals surface area (Å²) in [7, 11) is 0. The molecule has 0 bridgehead atoms. The molecule has 1 aromatic rings. The van der Waals surface area contributed by atoms with Crippen LogP contribution in [0.3, 0.4) is 0 Å². The normalized spacial score (nSPS) is 11.9. The average Bonchev–Trinajstić information content (AvgIpc) is 2.26. The van der Waals surface area contributed by atoms with Crippen molar-refractivity contribution >= 4 is 5.78 Å². The molecule has 0 aromatic heterocycles. The van der Waals surface area contributed by atoms with Gasteiger partial charge in [-0.1, -0.05) is 49.2 Å². The molecule has 0 heterocycles. The third kappa shape index (κ3) is 3.65. The predicted molar refractivity (Wildman–Crippen MR) is 68.5 cm³/mol. The highest BCUT2D eigenvalue weighted by molar-refractivity contribution is 5.95. The molecule has 1 unspecified atom stereocenters. The van der Waals surface area contributed by atoms with Crippen LogP contribution in [0.25, 0.3) is 0 Å². The van der Waals surface area contributed by atoms with Gasteiger partial charge < -0.3 is 0 Å². The summed E-state index contributed by atoms with van der Waals surface area (Å²) in [6, 6.07) is 10.0. The van der Waals surface area contributed by atoms with Crippen molar-refractivity contribution < 1.29 is 4.79 Å². The molecular weight excluding hydrogens is 196 g/mol. The lowest BCUT2D eigenvalue weighted by atomic mass is 9.90. The van der Waals surface area contributed by atoms with Crippen molar-refractivity contribution in [2.24, 2.45) is 0 Å². The monoisotopic (exact) mass is 216 g/mol. The Balaban J connectivity index is 2.92. The maximum atomic E-state index is 12.1. The Hall–Kier alpha value is -1.37. The fourth-order valence-corrected chi connectivity index (χ4v) is 1.83. The van der Waals surface area contributed by atoms with Gasteiger partial charge in [-0.05, 0) is 31.9 Å². The highest BCUT2D eigenvalue weighted by atomic mass is 16.1. The van der Waals surface area contributed by atoms with Crippen LogP contribution < -0.4 is 0 Å². The third-order valence-corrected chi connectivity index (χ3v) is 2.55. The van der Waals surface area contributed by atoms with Crippen molar-refractivity contribution in [3.8, 4) is 0 Å². The molecule has 0 saturated carbocycles. The molecule has 1 atom stereocenters. The lowest BCUT2D eigenvalue weighted by Crippen LogP contribution is -2.10. The Morgan fingerprint density at radius 1 is 1.25 bits per heavy atom. The predicted octanol–water partition coefficient (Wildman–Crippen LogP) is 4.11. The minimum Gasteiger partial charge on any atom is -0.294 e. The van der Waals surface area contributed by atoms with Gasteiger partial charge in [0.25, 0.3) is 0 Å². The molecule has 0 spiro atoms. The van der Waals surface area contributed by atoms with Crippen molar-refractivity contribution in [3.63, 3.8) is 0 Å². The van der Waals surface area contributed by atoms with Crippen LogP contribution in [-0.4, -0.2) is 5.78 Å². The largest absolute Gasteiger partial charge is 0.294 e. The molecule has 86 valence electrons. The van der Waals surface area contributed by atoms with Gasteiger partial charge >= 0.3 is 0 Å². The first-order valence-electron chi connectivity index (χ1n) is 5.88. The lowest BCUT2D eigenvalue weighted by Gasteiger charge is -2.13. The van der Waals surface area contributed by atoms with E-state index in [1.165, 1.54) is 0 Å². The molecule has 0 amide bonds. The number of carbonyl (C=O) groups is 1. The molecule has 0 radical (unpaired) electrons. The summed E-state index contributed by atoms with van der Waals surface area (Å²) in [5.41, 5.74) is 2.20. The molecule has 1 heteroatoms. The fraction of sp³-hybridized carbons (Fsp3) is 0.400. The summed E-state index contributed by atoms with van der Waals surface area (Å²) in [5, 5.41) is 0. The van der Waals surface area contributed by atoms with Gasteiger partial charge in [-0.15, -0.1) is 0 Å². The van der Waals surface area contributed by atoms with Crippen LogP contribution in [0.1, 0.15) is 45.1 Å². The van der Waals surface area contributed by atoms with Gasteiger partial charge in [-0.2, -0.15) is 0 Å². The maximum absolute atomic E-state index is 12.1. The fourth-order valence-electron chi connectivity index (χ4n) is 1.83. The number of ketones is 1. The number of benzene rings is 1. The molecule has 0 fully saturated rings. The second-order valence-corrected chi connectivity index (χ2v) is 4.38. The summed E-state index contributed by atoms with van der Waals surface area (Å²) in [5.74, 6) is 0.258. The number of hydrogen-bond acceptors (Lipinski definition) is 1. The van der Waals surface area contributed by atoms with E-state index in [1.54, 1.807) is 6.08 Å². The van der Waals surface area contributed by atoms with E-state index >= 15 is 0 Å². The van der Waals surface area contributed by atoms with Crippen LogP contribution in [0.5, 0.6) is 0 Å². The van der Waals surface area contributed by atoms with Gasteiger partial charge in [0.1, 0.15) is 0 Å². The smallest absolute Gasteiger partial charge is 0.163 e. The Labute approximate surface area is 98.2 Å². The van der Waals surface area contributed by atoms with Gasteiger partial charge in [-0.25, -0.2) is 0 Å². The van der Waals surface area contributed by atoms with Crippen LogP contribution >= 0.6 is 0 Å². The molecule has 0 N–H and O–H groups in total. The van der Waals surface area contributed by atoms with Gasteiger partial charge in [-0.3, -0.25) is 4.79 Å². The molecular formula is C15H20O. The van der Waals surface area contributed by atoms with E-state index in [4.69, 9.17) is 0 Å². The van der Waals surface area contributed by atoms with Gasteiger partial charge in [0.05, 0.1) is 0 Å². The zero-order valence-corrected chi connectivity index (χ0v) is 10.4. The number of carbonyl (C=O) groups excluding carboxylic acids is 1. The molecule has 0 aliphatic carbocycles. The number of rotatable bonds is 5. The van der Waals surface area contributed by atoms with Crippen molar-refractivity contribution in [3.05, 3.63) is 47.5 Å². The summed E-state index contributed by atoms with van der Waals surface area (Å²) in [4.78, 5) is 12.1. The topological polar surface area (TPSA) is 17.1 Å². The first kappa shape index (κ1) is 12.7. The molecule has 1 nitrogen and oxygen atoms in total. The zero-order valence-electron chi connectivity index (χ0n) is 10.4. The van der Waals surface area contributed by atoms with Crippen molar-refractivity contribution in [2.45, 2.75) is 39.5 Å². The molecule has 0 aliphatic rings. The zero-order chi connectivity index (χ0) is 12.0. The van der Waals surface area contributed by atoms with Crippen molar-refractivity contribution in [2.75, 3.05) is 0 Å². The molecule has 1 rings (SSSR count). The Bertz CT molecular complexity index is 358. The Kier molecular flexibility index (Phi) is 4.97. The highest BCUT2D eigenvalue weighted by Gasteiger charge is 2.16. The molecule has 0 saturated heterocycles. The van der Waals surface area contributed by atoms with Crippen LogP contribution in [0.15, 0.2) is 42.0 Å². The summed E-state index contributed by atoms with van der Waals surface area (Å²) in [6.45, 7) is 6.05. The first-order chi connectivity index (χ1) is 7.65. The minimum atomic E-state index is 0.0288. The summed E-state index contributed by atoms with van der Waals surface area (Å²) >= 11 is 0. The van der Waals surface area contributed by atoms with Crippen LogP contribution in [-0.2, 0) is 4.79 Å². The van der Waals surface area contributed by atoms with E-state index in [2.05, 4.69) is 6.92 Å². The van der Waals surface area contributed by atoms with Crippen molar-refractivity contribution in [1.29, 1.82) is 0 Å². The minimum absolute atomic E-state index is 0.0288. The third-order valence-electron chi connectivity index (χ3n) is 2.55. The van der Waals surface area contributed by atoms with E-state index in [-0.39, 0.29) is 11.7 Å².